The molecule has 1 aromatic carbocycles. The quantitative estimate of drug-likeness (QED) is 0.277. The molecule has 1 amide bonds. The van der Waals surface area contributed by atoms with Gasteiger partial charge in [0.25, 0.3) is 0 Å². The second-order valence-corrected chi connectivity index (χ2v) is 6.19. The molecule has 8 heteroatoms. The highest BCUT2D eigenvalue weighted by Crippen LogP contribution is 2.39. The first kappa shape index (κ1) is 17.4. The zero-order valence-corrected chi connectivity index (χ0v) is 14.0. The first-order valence-electron chi connectivity index (χ1n) is 7.35. The molecule has 3 N–H and O–H groups in total. The van der Waals surface area contributed by atoms with Gasteiger partial charge in [-0.2, -0.15) is 0 Å². The average Bonchev–Trinajstić information content (AvgIpc) is 2.80. The van der Waals surface area contributed by atoms with Gasteiger partial charge in [0, 0.05) is 22.8 Å². The molecule has 1 heterocycles. The first-order chi connectivity index (χ1) is 11.1. The van der Waals surface area contributed by atoms with E-state index >= 15 is 0 Å². The van der Waals surface area contributed by atoms with Gasteiger partial charge >= 0.3 is 0 Å². The lowest BCUT2D eigenvalue weighted by Crippen LogP contribution is -2.17. The van der Waals surface area contributed by atoms with Crippen molar-refractivity contribution in [2.24, 2.45) is 5.18 Å². The lowest BCUT2D eigenvalue weighted by molar-refractivity contribution is -0.129. The monoisotopic (exact) mass is 383 g/mol. The SMILES string of the molecule is O=Nc1c(O)n(CCCCCCC(=O)NO)c2ccc(Br)cc12. The molecule has 2 aromatic rings. The van der Waals surface area contributed by atoms with Crippen LogP contribution in [0.4, 0.5) is 5.69 Å². The number of aryl methyl sites for hydroxylation is 1. The van der Waals surface area contributed by atoms with Gasteiger partial charge in [-0.05, 0) is 36.2 Å². The maximum Gasteiger partial charge on any atom is 0.243 e. The molecule has 0 unspecified atom stereocenters. The van der Waals surface area contributed by atoms with E-state index in [1.54, 1.807) is 16.1 Å². The number of halogens is 1. The van der Waals surface area contributed by atoms with Crippen LogP contribution in [0.5, 0.6) is 5.88 Å². The minimum atomic E-state index is -0.383. The Morgan fingerprint density at radius 2 is 2.00 bits per heavy atom. The third-order valence-corrected chi connectivity index (χ3v) is 4.22. The molecule has 23 heavy (non-hydrogen) atoms. The summed E-state index contributed by atoms with van der Waals surface area (Å²) in [4.78, 5) is 21.9. The number of amides is 1. The molecule has 0 spiro atoms. The summed E-state index contributed by atoms with van der Waals surface area (Å²) in [6, 6.07) is 5.44. The van der Waals surface area contributed by atoms with E-state index in [-0.39, 0.29) is 17.5 Å². The Bertz CT molecular complexity index is 714. The molecule has 0 fully saturated rings. The fraction of sp³-hybridized carbons (Fsp3) is 0.400. The van der Waals surface area contributed by atoms with Crippen LogP contribution in [-0.2, 0) is 11.3 Å². The van der Waals surface area contributed by atoms with Crippen LogP contribution in [0.25, 0.3) is 10.9 Å². The maximum atomic E-state index is 11.0. The summed E-state index contributed by atoms with van der Waals surface area (Å²) in [5, 5.41) is 22.1. The molecule has 0 aliphatic heterocycles. The van der Waals surface area contributed by atoms with Crippen LogP contribution in [0.15, 0.2) is 27.8 Å². The molecular weight excluding hydrogens is 366 g/mol. The number of fused-ring (bicyclic) bond motifs is 1. The minimum absolute atomic E-state index is 0.0564. The van der Waals surface area contributed by atoms with Gasteiger partial charge in [-0.1, -0.05) is 28.8 Å². The molecule has 0 radical (unpaired) electrons. The minimum Gasteiger partial charge on any atom is -0.493 e. The van der Waals surface area contributed by atoms with E-state index < -0.39 is 0 Å². The summed E-state index contributed by atoms with van der Waals surface area (Å²) in [5.41, 5.74) is 2.42. The summed E-state index contributed by atoms with van der Waals surface area (Å²) < 4.78 is 2.49. The highest BCUT2D eigenvalue weighted by molar-refractivity contribution is 9.10. The van der Waals surface area contributed by atoms with Gasteiger partial charge < -0.3 is 9.67 Å². The van der Waals surface area contributed by atoms with E-state index in [0.717, 1.165) is 29.3 Å². The lowest BCUT2D eigenvalue weighted by atomic mass is 10.1. The normalized spacial score (nSPS) is 10.9. The van der Waals surface area contributed by atoms with Crippen molar-refractivity contribution >= 4 is 38.4 Å². The van der Waals surface area contributed by atoms with Crippen molar-refractivity contribution in [2.45, 2.75) is 38.6 Å². The molecule has 7 nitrogen and oxygen atoms in total. The van der Waals surface area contributed by atoms with Crippen LogP contribution in [-0.4, -0.2) is 20.8 Å². The Kier molecular flexibility index (Phi) is 6.12. The van der Waals surface area contributed by atoms with Crippen LogP contribution in [0.2, 0.25) is 0 Å². The predicted octanol–water partition coefficient (Wildman–Crippen LogP) is 3.96. The highest BCUT2D eigenvalue weighted by atomic mass is 79.9. The van der Waals surface area contributed by atoms with Crippen molar-refractivity contribution in [1.29, 1.82) is 0 Å². The fourth-order valence-electron chi connectivity index (χ4n) is 2.58. The van der Waals surface area contributed by atoms with Crippen molar-refractivity contribution < 1.29 is 15.1 Å². The average molecular weight is 384 g/mol. The van der Waals surface area contributed by atoms with Crippen molar-refractivity contribution in [3.05, 3.63) is 27.6 Å². The number of benzene rings is 1. The van der Waals surface area contributed by atoms with Gasteiger partial charge in [-0.15, -0.1) is 4.91 Å². The van der Waals surface area contributed by atoms with Crippen LogP contribution < -0.4 is 5.48 Å². The van der Waals surface area contributed by atoms with Crippen LogP contribution in [0.3, 0.4) is 0 Å². The number of aromatic hydroxyl groups is 1. The Labute approximate surface area is 141 Å². The van der Waals surface area contributed by atoms with Gasteiger partial charge in [0.2, 0.25) is 11.8 Å². The number of unbranched alkanes of at least 4 members (excludes halogenated alkanes) is 3. The van der Waals surface area contributed by atoms with Gasteiger partial charge in [0.1, 0.15) is 0 Å². The summed E-state index contributed by atoms with van der Waals surface area (Å²) in [5.74, 6) is -0.501. The second-order valence-electron chi connectivity index (χ2n) is 5.28. The van der Waals surface area contributed by atoms with Crippen LogP contribution in [0.1, 0.15) is 32.1 Å². The lowest BCUT2D eigenvalue weighted by Gasteiger charge is -2.07. The molecule has 0 atom stereocenters. The predicted molar refractivity (Wildman–Crippen MR) is 89.8 cm³/mol. The Balaban J connectivity index is 1.99. The maximum absolute atomic E-state index is 11.0. The molecule has 0 saturated heterocycles. The van der Waals surface area contributed by atoms with Crippen molar-refractivity contribution in [3.8, 4) is 5.88 Å². The van der Waals surface area contributed by atoms with E-state index in [2.05, 4.69) is 21.1 Å². The number of hydrogen-bond acceptors (Lipinski definition) is 5. The second kappa shape index (κ2) is 8.07. The molecule has 0 saturated carbocycles. The molecular formula is C15H18BrN3O4. The van der Waals surface area contributed by atoms with E-state index in [0.29, 0.717) is 24.8 Å². The number of aromatic nitrogens is 1. The van der Waals surface area contributed by atoms with E-state index in [1.165, 1.54) is 0 Å². The fourth-order valence-corrected chi connectivity index (χ4v) is 2.94. The number of nitrogens with zero attached hydrogens (tertiary/aromatic N) is 2. The van der Waals surface area contributed by atoms with Crippen molar-refractivity contribution in [3.63, 3.8) is 0 Å². The molecule has 2 rings (SSSR count). The Morgan fingerprint density at radius 3 is 2.70 bits per heavy atom. The molecule has 0 bridgehead atoms. The zero-order chi connectivity index (χ0) is 16.8. The van der Waals surface area contributed by atoms with Gasteiger partial charge in [0.05, 0.1) is 5.52 Å². The standard InChI is InChI=1S/C15H18BrN3O4/c16-10-6-7-12-11(9-10)14(18-23)15(21)19(12)8-4-2-1-3-5-13(20)17-22/h6-7,9,21-22H,1-5,8H2,(H,17,20). The largest absolute Gasteiger partial charge is 0.493 e. The first-order valence-corrected chi connectivity index (χ1v) is 8.14. The van der Waals surface area contributed by atoms with E-state index in [9.17, 15) is 14.8 Å². The third-order valence-electron chi connectivity index (χ3n) is 3.72. The number of nitrogens with one attached hydrogen (secondary N) is 1. The molecule has 1 aromatic heterocycles. The zero-order valence-electron chi connectivity index (χ0n) is 12.5. The topological polar surface area (TPSA) is 104 Å². The third kappa shape index (κ3) is 4.08. The van der Waals surface area contributed by atoms with Gasteiger partial charge in [-0.25, -0.2) is 5.48 Å². The number of nitroso groups, excluding NO2 is 1. The smallest absolute Gasteiger partial charge is 0.243 e. The number of rotatable bonds is 8. The highest BCUT2D eigenvalue weighted by Gasteiger charge is 2.17. The molecule has 0 aliphatic rings. The van der Waals surface area contributed by atoms with E-state index in [4.69, 9.17) is 5.21 Å². The Morgan fingerprint density at radius 1 is 1.26 bits per heavy atom. The van der Waals surface area contributed by atoms with Crippen LogP contribution >= 0.6 is 15.9 Å². The van der Waals surface area contributed by atoms with Gasteiger partial charge in [0.15, 0.2) is 5.69 Å². The molecule has 124 valence electrons. The van der Waals surface area contributed by atoms with Crippen molar-refractivity contribution in [2.75, 3.05) is 0 Å². The van der Waals surface area contributed by atoms with Crippen molar-refractivity contribution in [1.82, 2.24) is 10.0 Å². The van der Waals surface area contributed by atoms with E-state index in [1.807, 2.05) is 12.1 Å². The summed E-state index contributed by atoms with van der Waals surface area (Å²) >= 11 is 3.34. The summed E-state index contributed by atoms with van der Waals surface area (Å²) in [6.45, 7) is 0.561. The summed E-state index contributed by atoms with van der Waals surface area (Å²) in [7, 11) is 0. The van der Waals surface area contributed by atoms with Crippen LogP contribution in [0, 0.1) is 4.91 Å². The number of carbonyl (C=O) groups excluding carboxylic acids is 1. The summed E-state index contributed by atoms with van der Waals surface area (Å²) in [6.07, 6.45) is 3.50. The van der Waals surface area contributed by atoms with Gasteiger partial charge in [-0.3, -0.25) is 10.0 Å². The molecule has 0 aliphatic carbocycles. The number of hydrogen-bond donors (Lipinski definition) is 3. The number of carbonyl (C=O) groups is 1. The number of hydroxylamine groups is 1. The Hall–Kier alpha value is -1.93.